The monoisotopic (exact) mass is 240 g/mol. The first-order chi connectivity index (χ1) is 8.04. The Morgan fingerprint density at radius 3 is 2.71 bits per heavy atom. The number of rotatable bonds is 6. The summed E-state index contributed by atoms with van der Waals surface area (Å²) < 4.78 is 6.89. The van der Waals surface area contributed by atoms with E-state index in [4.69, 9.17) is 4.74 Å². The van der Waals surface area contributed by atoms with E-state index in [0.717, 1.165) is 0 Å². The summed E-state index contributed by atoms with van der Waals surface area (Å²) in [4.78, 5) is 25.1. The van der Waals surface area contributed by atoms with E-state index >= 15 is 0 Å². The lowest BCUT2D eigenvalue weighted by atomic mass is 10.2. The molecule has 1 rings (SSSR count). The van der Waals surface area contributed by atoms with Crippen LogP contribution in [0.2, 0.25) is 0 Å². The molecule has 0 aliphatic rings. The van der Waals surface area contributed by atoms with Crippen molar-refractivity contribution < 1.29 is 4.74 Å². The fourth-order valence-electron chi connectivity index (χ4n) is 1.45. The summed E-state index contributed by atoms with van der Waals surface area (Å²) in [5, 5.41) is 0. The number of aryl methyl sites for hydroxylation is 1. The van der Waals surface area contributed by atoms with Gasteiger partial charge in [-0.1, -0.05) is 20.8 Å². The van der Waals surface area contributed by atoms with Gasteiger partial charge in [-0.25, -0.2) is 4.79 Å². The molecule has 0 bridgehead atoms. The highest BCUT2D eigenvalue weighted by Crippen LogP contribution is 1.93. The number of H-pyrrole nitrogens is 1. The number of ether oxygens (including phenoxy) is 1. The second-order valence-electron chi connectivity index (χ2n) is 4.43. The van der Waals surface area contributed by atoms with Crippen LogP contribution in [0.4, 0.5) is 0 Å². The molecule has 1 aromatic rings. The SMILES string of the molecule is CCc1cn(CCOCC(C)C)c(=O)[nH]c1=O. The molecule has 0 aliphatic carbocycles. The molecule has 0 aromatic carbocycles. The molecule has 0 aliphatic heterocycles. The number of nitrogens with zero attached hydrogens (tertiary/aromatic N) is 1. The molecular formula is C12H20N2O3. The van der Waals surface area contributed by atoms with Crippen LogP contribution in [0.15, 0.2) is 15.8 Å². The van der Waals surface area contributed by atoms with Gasteiger partial charge in [0.05, 0.1) is 13.2 Å². The molecule has 1 heterocycles. The maximum Gasteiger partial charge on any atom is 0.328 e. The van der Waals surface area contributed by atoms with E-state index in [1.54, 1.807) is 6.20 Å². The Labute approximate surface area is 100 Å². The number of hydrogen-bond acceptors (Lipinski definition) is 3. The summed E-state index contributed by atoms with van der Waals surface area (Å²) in [6, 6.07) is 0. The number of nitrogens with one attached hydrogen (secondary N) is 1. The first-order valence-electron chi connectivity index (χ1n) is 5.95. The number of aromatic nitrogens is 2. The molecule has 17 heavy (non-hydrogen) atoms. The van der Waals surface area contributed by atoms with Gasteiger partial charge in [-0.2, -0.15) is 0 Å². The molecule has 96 valence electrons. The van der Waals surface area contributed by atoms with Gasteiger partial charge in [0.15, 0.2) is 0 Å². The highest BCUT2D eigenvalue weighted by atomic mass is 16.5. The van der Waals surface area contributed by atoms with Crippen molar-refractivity contribution in [2.24, 2.45) is 5.92 Å². The molecule has 0 saturated heterocycles. The molecule has 0 saturated carbocycles. The third kappa shape index (κ3) is 4.19. The summed E-state index contributed by atoms with van der Waals surface area (Å²) in [7, 11) is 0. The van der Waals surface area contributed by atoms with Gasteiger partial charge in [-0.15, -0.1) is 0 Å². The Balaban J connectivity index is 2.65. The lowest BCUT2D eigenvalue weighted by molar-refractivity contribution is 0.102. The molecular weight excluding hydrogens is 220 g/mol. The molecule has 1 N–H and O–H groups in total. The van der Waals surface area contributed by atoms with E-state index in [-0.39, 0.29) is 11.2 Å². The molecule has 0 atom stereocenters. The molecule has 0 fully saturated rings. The van der Waals surface area contributed by atoms with Crippen LogP contribution in [-0.4, -0.2) is 22.8 Å². The first-order valence-corrected chi connectivity index (χ1v) is 5.95. The molecule has 0 spiro atoms. The zero-order chi connectivity index (χ0) is 12.8. The fourth-order valence-corrected chi connectivity index (χ4v) is 1.45. The van der Waals surface area contributed by atoms with Gasteiger partial charge in [0.2, 0.25) is 0 Å². The van der Waals surface area contributed by atoms with Crippen LogP contribution < -0.4 is 11.2 Å². The summed E-state index contributed by atoms with van der Waals surface area (Å²) in [6.07, 6.45) is 2.22. The summed E-state index contributed by atoms with van der Waals surface area (Å²) in [5.41, 5.74) is -0.0503. The number of hydrogen-bond donors (Lipinski definition) is 1. The minimum absolute atomic E-state index is 0.295. The van der Waals surface area contributed by atoms with Crippen LogP contribution in [-0.2, 0) is 17.7 Å². The summed E-state index contributed by atoms with van der Waals surface area (Å²) in [5.74, 6) is 0.480. The van der Waals surface area contributed by atoms with Crippen molar-refractivity contribution in [2.75, 3.05) is 13.2 Å². The first kappa shape index (κ1) is 13.7. The van der Waals surface area contributed by atoms with Gasteiger partial charge in [-0.05, 0) is 12.3 Å². The van der Waals surface area contributed by atoms with Crippen molar-refractivity contribution in [1.29, 1.82) is 0 Å². The van der Waals surface area contributed by atoms with Crippen LogP contribution in [0.1, 0.15) is 26.3 Å². The van der Waals surface area contributed by atoms with Crippen LogP contribution >= 0.6 is 0 Å². The lowest BCUT2D eigenvalue weighted by Gasteiger charge is -2.09. The van der Waals surface area contributed by atoms with Gasteiger partial charge in [0.1, 0.15) is 0 Å². The molecule has 1 aromatic heterocycles. The number of aromatic amines is 1. The van der Waals surface area contributed by atoms with E-state index in [0.29, 0.717) is 37.7 Å². The van der Waals surface area contributed by atoms with E-state index in [1.165, 1.54) is 4.57 Å². The van der Waals surface area contributed by atoms with Crippen molar-refractivity contribution >= 4 is 0 Å². The highest BCUT2D eigenvalue weighted by molar-refractivity contribution is 5.03. The third-order valence-corrected chi connectivity index (χ3v) is 2.39. The van der Waals surface area contributed by atoms with Gasteiger partial charge in [0, 0.05) is 18.4 Å². The minimum atomic E-state index is -0.375. The lowest BCUT2D eigenvalue weighted by Crippen LogP contribution is -2.32. The molecule has 5 nitrogen and oxygen atoms in total. The van der Waals surface area contributed by atoms with Crippen molar-refractivity contribution in [2.45, 2.75) is 33.7 Å². The minimum Gasteiger partial charge on any atom is -0.379 e. The van der Waals surface area contributed by atoms with Crippen molar-refractivity contribution in [3.05, 3.63) is 32.6 Å². The van der Waals surface area contributed by atoms with Gasteiger partial charge < -0.3 is 4.74 Å². The Morgan fingerprint density at radius 1 is 1.41 bits per heavy atom. The largest absolute Gasteiger partial charge is 0.379 e. The van der Waals surface area contributed by atoms with E-state index in [1.807, 2.05) is 6.92 Å². The normalized spacial score (nSPS) is 11.1. The Hall–Kier alpha value is -1.36. The summed E-state index contributed by atoms with van der Waals surface area (Å²) >= 11 is 0. The summed E-state index contributed by atoms with van der Waals surface area (Å²) in [6.45, 7) is 7.65. The van der Waals surface area contributed by atoms with Crippen LogP contribution in [0.3, 0.4) is 0 Å². The quantitative estimate of drug-likeness (QED) is 0.747. The fraction of sp³-hybridized carbons (Fsp3) is 0.667. The molecule has 0 amide bonds. The average Bonchev–Trinajstić information content (AvgIpc) is 2.26. The highest BCUT2D eigenvalue weighted by Gasteiger charge is 2.03. The second-order valence-corrected chi connectivity index (χ2v) is 4.43. The topological polar surface area (TPSA) is 64.1 Å². The van der Waals surface area contributed by atoms with Crippen LogP contribution in [0, 0.1) is 5.92 Å². The smallest absolute Gasteiger partial charge is 0.328 e. The van der Waals surface area contributed by atoms with Crippen LogP contribution in [0.25, 0.3) is 0 Å². The van der Waals surface area contributed by atoms with E-state index in [2.05, 4.69) is 18.8 Å². The Morgan fingerprint density at radius 2 is 2.12 bits per heavy atom. The second kappa shape index (κ2) is 6.39. The standard InChI is InChI=1S/C12H20N2O3/c1-4-10-7-14(12(16)13-11(10)15)5-6-17-8-9(2)3/h7,9H,4-6,8H2,1-3H3,(H,13,15,16). The zero-order valence-corrected chi connectivity index (χ0v) is 10.7. The average molecular weight is 240 g/mol. The van der Waals surface area contributed by atoms with E-state index in [9.17, 15) is 9.59 Å². The maximum absolute atomic E-state index is 11.5. The molecule has 0 unspecified atom stereocenters. The van der Waals surface area contributed by atoms with Crippen LogP contribution in [0.5, 0.6) is 0 Å². The molecule has 0 radical (unpaired) electrons. The van der Waals surface area contributed by atoms with Gasteiger partial charge >= 0.3 is 5.69 Å². The Bertz CT molecular complexity index is 460. The Kier molecular flexibility index (Phi) is 5.15. The van der Waals surface area contributed by atoms with E-state index < -0.39 is 0 Å². The zero-order valence-electron chi connectivity index (χ0n) is 10.7. The predicted molar refractivity (Wildman–Crippen MR) is 66.4 cm³/mol. The third-order valence-electron chi connectivity index (χ3n) is 2.39. The van der Waals surface area contributed by atoms with Crippen molar-refractivity contribution in [3.8, 4) is 0 Å². The van der Waals surface area contributed by atoms with Crippen molar-refractivity contribution in [1.82, 2.24) is 9.55 Å². The predicted octanol–water partition coefficient (Wildman–Crippen LogP) is 0.772. The van der Waals surface area contributed by atoms with Gasteiger partial charge in [-0.3, -0.25) is 14.3 Å². The molecule has 5 heteroatoms. The van der Waals surface area contributed by atoms with Crippen molar-refractivity contribution in [3.63, 3.8) is 0 Å². The van der Waals surface area contributed by atoms with Gasteiger partial charge in [0.25, 0.3) is 5.56 Å². The maximum atomic E-state index is 11.5.